The number of rotatable bonds is 8. The van der Waals surface area contributed by atoms with Crippen LogP contribution in [0.2, 0.25) is 0 Å². The van der Waals surface area contributed by atoms with Gasteiger partial charge in [-0.3, -0.25) is 0 Å². The molecule has 4 nitrogen and oxygen atoms in total. The average molecular weight is 1550 g/mol. The summed E-state index contributed by atoms with van der Waals surface area (Å²) in [6.45, 7) is 12.0. The van der Waals surface area contributed by atoms with Crippen LogP contribution < -0.4 is 41.3 Å². The molecule has 1 aromatic heterocycles. The smallest absolute Gasteiger partial charge is 0.333 e. The maximum absolute atomic E-state index is 2.74. The standard InChI is InChI=1S/C113H78B2N4S/c1-111(2)89-47-28-50-95-108(89)116(98-63-76-38-17-15-36-74(76)61-91(98)111)100-65-86-83-43-21-24-52-102(83)120-110(86)105-85-45-20-23-51-96(85)119(115(95)107(100)105)82-58-79(71-34-13-8-14-35-71)56-80(59-82)72-40-25-29-68(55-72)67-113(5)88-46-22-19-44-84(88)103-93(113)66-101-106-104(103)87-60-78(70-32-11-7-12-33-70)53-54-97(87)118(81-42-26-41-73(57-81)69-30-9-6-10-31-69)114(106)94-49-27-48-90-109(94)117(101)99-64-77-39-18-16-37-75(77)62-92(99)112(90,3)4/h6-66H,67H2,1-5H3. The maximum Gasteiger partial charge on any atom is 0.333 e. The molecule has 1 aliphatic carbocycles. The molecule has 1 atom stereocenters. The molecule has 26 rings (SSSR count). The van der Waals surface area contributed by atoms with E-state index in [0.717, 1.165) is 17.8 Å². The van der Waals surface area contributed by atoms with Crippen LogP contribution in [0, 0.1) is 0 Å². The summed E-state index contributed by atoms with van der Waals surface area (Å²) < 4.78 is 2.64. The van der Waals surface area contributed by atoms with Gasteiger partial charge >= 0.3 is 13.7 Å². The number of para-hydroxylation sites is 3. The number of thiophene rings is 1. The third-order valence-corrected chi connectivity index (χ3v) is 29.7. The average Bonchev–Trinajstić information content (AvgIpc) is 1.21. The maximum atomic E-state index is 2.74. The Morgan fingerprint density at radius 1 is 0.275 bits per heavy atom. The minimum atomic E-state index is -0.518. The van der Waals surface area contributed by atoms with Crippen molar-refractivity contribution in [2.24, 2.45) is 0 Å². The van der Waals surface area contributed by atoms with Crippen molar-refractivity contribution < 1.29 is 0 Å². The van der Waals surface area contributed by atoms with E-state index in [2.05, 4.69) is 424 Å². The molecular weight excluding hydrogens is 1470 g/mol. The molecule has 0 fully saturated rings. The molecule has 1 unspecified atom stereocenters. The van der Waals surface area contributed by atoms with Gasteiger partial charge in [0.2, 0.25) is 0 Å². The molecule has 120 heavy (non-hydrogen) atoms. The van der Waals surface area contributed by atoms with Crippen molar-refractivity contribution in [2.45, 2.75) is 57.3 Å². The van der Waals surface area contributed by atoms with Gasteiger partial charge < -0.3 is 19.4 Å². The Balaban J connectivity index is 0.686. The molecule has 18 aromatic carbocycles. The topological polar surface area (TPSA) is 13.0 Å². The van der Waals surface area contributed by atoms with Crippen LogP contribution in [0.1, 0.15) is 73.6 Å². The van der Waals surface area contributed by atoms with E-state index in [9.17, 15) is 0 Å². The SMILES string of the molecule is CC1(C)c2cc3ccccc3cc2N2c3cc4c(c5c3B(c3cccc1c32)N(c1cccc(-c2ccccc2)c1)c1ccc(-c2ccccc2)cc1-5)-c1ccccc1C4(C)Cc1cccc(-c2cc(-c3ccccc3)cc(N3B4c5cccc6c5N(c5cc7ccccc7cc5C6(C)C)c5cc6c(sc7ccccc76)c(c54)-c4ccccc43)c2)c1. The zero-order valence-electron chi connectivity index (χ0n) is 67.3. The lowest BCUT2D eigenvalue weighted by atomic mass is 9.42. The minimum absolute atomic E-state index is 0.197. The van der Waals surface area contributed by atoms with Crippen LogP contribution in [-0.2, 0) is 22.7 Å². The molecule has 19 aromatic rings. The third kappa shape index (κ3) is 9.38. The van der Waals surface area contributed by atoms with E-state index < -0.39 is 5.41 Å². The van der Waals surface area contributed by atoms with Gasteiger partial charge in [-0.15, -0.1) is 11.3 Å². The fourth-order valence-electron chi connectivity index (χ4n) is 23.0. The lowest BCUT2D eigenvalue weighted by Crippen LogP contribution is -2.62. The lowest BCUT2D eigenvalue weighted by Gasteiger charge is -2.51. The second-order valence-corrected chi connectivity index (χ2v) is 36.6. The fourth-order valence-corrected chi connectivity index (χ4v) is 24.2. The predicted octanol–water partition coefficient (Wildman–Crippen LogP) is 27.3. The van der Waals surface area contributed by atoms with Crippen LogP contribution in [0.15, 0.2) is 370 Å². The quantitative estimate of drug-likeness (QED) is 0.141. The molecule has 0 spiro atoms. The highest BCUT2D eigenvalue weighted by Crippen LogP contribution is 2.63. The summed E-state index contributed by atoms with van der Waals surface area (Å²) in [6, 6.07) is 143. The number of fused-ring (bicyclic) bond motifs is 22. The van der Waals surface area contributed by atoms with Crippen molar-refractivity contribution >= 4 is 145 Å². The summed E-state index contributed by atoms with van der Waals surface area (Å²) >= 11 is 1.95. The number of hydrogen-bond acceptors (Lipinski definition) is 5. The molecule has 7 aliphatic rings. The van der Waals surface area contributed by atoms with Gasteiger partial charge in [0.05, 0.1) is 11.4 Å². The van der Waals surface area contributed by atoms with Crippen LogP contribution in [0.4, 0.5) is 56.9 Å². The molecule has 7 heteroatoms. The largest absolute Gasteiger partial charge is 0.376 e. The highest BCUT2D eigenvalue weighted by Gasteiger charge is 2.55. The van der Waals surface area contributed by atoms with Crippen molar-refractivity contribution in [1.29, 1.82) is 0 Å². The van der Waals surface area contributed by atoms with Crippen molar-refractivity contribution in [3.63, 3.8) is 0 Å². The monoisotopic (exact) mass is 1540 g/mol. The minimum Gasteiger partial charge on any atom is -0.376 e. The Morgan fingerprint density at radius 3 is 1.40 bits per heavy atom. The van der Waals surface area contributed by atoms with E-state index in [1.54, 1.807) is 0 Å². The first-order valence-electron chi connectivity index (χ1n) is 42.5. The lowest BCUT2D eigenvalue weighted by molar-refractivity contribution is 0.583. The van der Waals surface area contributed by atoms with Gasteiger partial charge in [-0.2, -0.15) is 0 Å². The van der Waals surface area contributed by atoms with E-state index in [1.807, 2.05) is 11.3 Å². The van der Waals surface area contributed by atoms with E-state index in [-0.39, 0.29) is 24.5 Å². The van der Waals surface area contributed by atoms with E-state index in [4.69, 9.17) is 0 Å². The summed E-state index contributed by atoms with van der Waals surface area (Å²) in [5, 5.41) is 7.61. The molecule has 0 N–H and O–H groups in total. The molecule has 0 bridgehead atoms. The van der Waals surface area contributed by atoms with Crippen molar-refractivity contribution in [1.82, 2.24) is 0 Å². The summed E-state index contributed by atoms with van der Waals surface area (Å²) in [5.74, 6) is 0. The molecule has 0 saturated carbocycles. The molecule has 0 amide bonds. The number of hydrogen-bond donors (Lipinski definition) is 0. The molecule has 0 saturated heterocycles. The Morgan fingerprint density at radius 2 is 0.750 bits per heavy atom. The van der Waals surface area contributed by atoms with Gasteiger partial charge in [0.15, 0.2) is 0 Å². The normalized spacial score (nSPS) is 15.8. The Hall–Kier alpha value is -14.0. The van der Waals surface area contributed by atoms with Crippen LogP contribution in [0.25, 0.3) is 120 Å². The van der Waals surface area contributed by atoms with Gasteiger partial charge in [0.1, 0.15) is 0 Å². The molecular formula is C113H78B2N4S. The molecule has 0 radical (unpaired) electrons. The summed E-state index contributed by atoms with van der Waals surface area (Å²) in [7, 11) is 0. The molecule has 7 heterocycles. The van der Waals surface area contributed by atoms with Crippen molar-refractivity contribution in [3.8, 4) is 77.9 Å². The second kappa shape index (κ2) is 24.8. The molecule has 6 aliphatic heterocycles. The number of nitrogens with zero attached hydrogens (tertiary/aromatic N) is 4. The van der Waals surface area contributed by atoms with Gasteiger partial charge in [-0.1, -0.05) is 314 Å². The number of anilines is 10. The van der Waals surface area contributed by atoms with Gasteiger partial charge in [-0.05, 0) is 241 Å². The van der Waals surface area contributed by atoms with Gasteiger partial charge in [-0.25, -0.2) is 0 Å². The van der Waals surface area contributed by atoms with Crippen LogP contribution >= 0.6 is 11.3 Å². The number of benzene rings is 18. The van der Waals surface area contributed by atoms with E-state index >= 15 is 0 Å². The Labute approximate surface area is 704 Å². The summed E-state index contributed by atoms with van der Waals surface area (Å²) in [4.78, 5) is 10.9. The highest BCUT2D eigenvalue weighted by molar-refractivity contribution is 7.26. The van der Waals surface area contributed by atoms with Crippen LogP contribution in [0.5, 0.6) is 0 Å². The summed E-state index contributed by atoms with van der Waals surface area (Å²) in [5.41, 5.74) is 43.0. The first-order valence-corrected chi connectivity index (χ1v) is 43.3. The third-order valence-electron chi connectivity index (χ3n) is 28.5. The molecule has 562 valence electrons. The predicted molar refractivity (Wildman–Crippen MR) is 510 cm³/mol. The van der Waals surface area contributed by atoms with Crippen molar-refractivity contribution in [3.05, 3.63) is 409 Å². The first-order chi connectivity index (χ1) is 58.9. The zero-order valence-corrected chi connectivity index (χ0v) is 68.1. The van der Waals surface area contributed by atoms with Crippen LogP contribution in [-0.4, -0.2) is 13.7 Å². The van der Waals surface area contributed by atoms with Crippen LogP contribution in [0.3, 0.4) is 0 Å². The fraction of sp³-hybridized carbons (Fsp3) is 0.0796. The van der Waals surface area contributed by atoms with Gasteiger partial charge in [0.25, 0.3) is 0 Å². The Bertz CT molecular complexity index is 7710. The van der Waals surface area contributed by atoms with E-state index in [0.29, 0.717) is 0 Å². The van der Waals surface area contributed by atoms with Crippen molar-refractivity contribution in [2.75, 3.05) is 19.4 Å². The second-order valence-electron chi connectivity index (χ2n) is 35.6. The Kier molecular flexibility index (Phi) is 14.1. The van der Waals surface area contributed by atoms with E-state index in [1.165, 1.54) is 226 Å². The highest BCUT2D eigenvalue weighted by atomic mass is 32.1. The zero-order chi connectivity index (χ0) is 79.3. The van der Waals surface area contributed by atoms with Gasteiger partial charge in [0, 0.05) is 98.6 Å². The first kappa shape index (κ1) is 68.1. The summed E-state index contributed by atoms with van der Waals surface area (Å²) in [6.07, 6.45) is 0.751.